The van der Waals surface area contributed by atoms with E-state index in [2.05, 4.69) is 14.8 Å². The molecule has 13 heteroatoms. The number of aliphatic imine (C=N–C) groups is 1. The predicted octanol–water partition coefficient (Wildman–Crippen LogP) is 3.50. The molecule has 0 saturated carbocycles. The number of anilines is 1. The second-order valence-electron chi connectivity index (χ2n) is 10.4. The number of amides is 1. The van der Waals surface area contributed by atoms with E-state index >= 15 is 0 Å². The molecular weight excluding hydrogens is 549 g/mol. The molecule has 41 heavy (non-hydrogen) atoms. The highest BCUT2D eigenvalue weighted by Gasteiger charge is 2.33. The van der Waals surface area contributed by atoms with E-state index in [1.165, 1.54) is 10.7 Å². The van der Waals surface area contributed by atoms with Gasteiger partial charge in [-0.3, -0.25) is 14.8 Å². The van der Waals surface area contributed by atoms with Crippen LogP contribution in [0.4, 0.5) is 10.2 Å². The SMILES string of the molecule is CC1=CC=N[C@H](C(C)C)N1n1c(=O)nc(N2CCN(C(=O)C=[N+]=[N-])CC2C)c2cc(Cl)c(-c3ccccc3F)nc21. The number of allylic oxidation sites excluding steroid dienone is 2. The topological polar surface area (TPSA) is 123 Å². The number of fused-ring (bicyclic) bond motifs is 1. The molecule has 4 heterocycles. The minimum Gasteiger partial charge on any atom is -0.361 e. The number of hydrogen-bond donors (Lipinski definition) is 0. The van der Waals surface area contributed by atoms with Gasteiger partial charge in [0.15, 0.2) is 5.65 Å². The summed E-state index contributed by atoms with van der Waals surface area (Å²) in [6, 6.07) is 7.59. The fourth-order valence-corrected chi connectivity index (χ4v) is 5.52. The number of piperazine rings is 1. The third-order valence-electron chi connectivity index (χ3n) is 7.27. The first-order valence-corrected chi connectivity index (χ1v) is 13.6. The van der Waals surface area contributed by atoms with Crippen molar-refractivity contribution in [3.63, 3.8) is 0 Å². The summed E-state index contributed by atoms with van der Waals surface area (Å²) in [5.41, 5.74) is 9.58. The highest BCUT2D eigenvalue weighted by molar-refractivity contribution is 6.33. The highest BCUT2D eigenvalue weighted by atomic mass is 35.5. The summed E-state index contributed by atoms with van der Waals surface area (Å²) < 4.78 is 16.3. The van der Waals surface area contributed by atoms with E-state index in [4.69, 9.17) is 22.1 Å². The number of carbonyl (C=O) groups is 1. The molecule has 3 aromatic rings. The maximum Gasteiger partial charge on any atom is 0.370 e. The van der Waals surface area contributed by atoms with Gasteiger partial charge in [0.2, 0.25) is 0 Å². The standard InChI is InChI=1S/C28H29ClFN9O2/c1-16(2)25-32-10-9-17(3)38(25)39-27-20(13-21(29)24(34-27)19-7-5-6-8-22(19)30)26(35-28(39)41)37-12-11-36(15-18(37)4)23(40)14-33-31/h5-10,13-14,16,18,25H,11-12,15H2,1-4H3/t18?,25-/m0/s1. The van der Waals surface area contributed by atoms with E-state index in [1.807, 2.05) is 32.6 Å². The average molecular weight is 578 g/mol. The molecule has 0 aliphatic carbocycles. The smallest absolute Gasteiger partial charge is 0.361 e. The van der Waals surface area contributed by atoms with Crippen molar-refractivity contribution in [1.82, 2.24) is 19.5 Å². The molecule has 1 unspecified atom stereocenters. The lowest BCUT2D eigenvalue weighted by Gasteiger charge is -2.40. The number of carbonyl (C=O) groups excluding carboxylic acids is 1. The maximum absolute atomic E-state index is 14.9. The lowest BCUT2D eigenvalue weighted by Crippen LogP contribution is -2.55. The quantitative estimate of drug-likeness (QED) is 0.260. The van der Waals surface area contributed by atoms with Crippen LogP contribution in [-0.2, 0) is 4.79 Å². The summed E-state index contributed by atoms with van der Waals surface area (Å²) in [5, 5.41) is 2.44. The van der Waals surface area contributed by atoms with Crippen molar-refractivity contribution < 1.29 is 14.0 Å². The van der Waals surface area contributed by atoms with Gasteiger partial charge >= 0.3 is 17.8 Å². The summed E-state index contributed by atoms with van der Waals surface area (Å²) in [5.74, 6) is -0.527. The Balaban J connectivity index is 1.74. The molecule has 2 aliphatic rings. The molecule has 11 nitrogen and oxygen atoms in total. The number of rotatable bonds is 5. The van der Waals surface area contributed by atoms with Crippen LogP contribution in [0.15, 0.2) is 51.9 Å². The van der Waals surface area contributed by atoms with Crippen LogP contribution in [0.25, 0.3) is 27.8 Å². The van der Waals surface area contributed by atoms with E-state index in [-0.39, 0.29) is 33.9 Å². The zero-order valence-corrected chi connectivity index (χ0v) is 23.8. The summed E-state index contributed by atoms with van der Waals surface area (Å²) >= 11 is 6.74. The second-order valence-corrected chi connectivity index (χ2v) is 10.8. The minimum absolute atomic E-state index is 0.0305. The highest BCUT2D eigenvalue weighted by Crippen LogP contribution is 2.35. The molecule has 5 rings (SSSR count). The lowest BCUT2D eigenvalue weighted by atomic mass is 10.1. The summed E-state index contributed by atoms with van der Waals surface area (Å²) in [4.78, 5) is 46.5. The third kappa shape index (κ3) is 5.12. The van der Waals surface area contributed by atoms with Gasteiger partial charge in [-0.1, -0.05) is 37.6 Å². The number of halogens is 2. The van der Waals surface area contributed by atoms with Gasteiger partial charge in [-0.05, 0) is 44.0 Å². The third-order valence-corrected chi connectivity index (χ3v) is 7.55. The largest absolute Gasteiger partial charge is 0.370 e. The van der Waals surface area contributed by atoms with Crippen molar-refractivity contribution in [2.24, 2.45) is 10.9 Å². The number of hydrogen-bond acceptors (Lipinski definition) is 7. The number of benzene rings is 1. The van der Waals surface area contributed by atoms with Crippen LogP contribution in [0.5, 0.6) is 0 Å². The van der Waals surface area contributed by atoms with E-state index in [9.17, 15) is 14.0 Å². The van der Waals surface area contributed by atoms with Crippen LogP contribution in [0.1, 0.15) is 27.7 Å². The van der Waals surface area contributed by atoms with Crippen LogP contribution in [0, 0.1) is 11.7 Å². The van der Waals surface area contributed by atoms with Gasteiger partial charge in [-0.2, -0.15) is 14.4 Å². The van der Waals surface area contributed by atoms with Crippen molar-refractivity contribution in [3.05, 3.63) is 69.0 Å². The first-order valence-electron chi connectivity index (χ1n) is 13.2. The molecule has 0 spiro atoms. The van der Waals surface area contributed by atoms with Crippen molar-refractivity contribution in [3.8, 4) is 11.3 Å². The Morgan fingerprint density at radius 1 is 1.24 bits per heavy atom. The molecule has 1 saturated heterocycles. The second kappa shape index (κ2) is 11.2. The number of nitrogens with zero attached hydrogens (tertiary/aromatic N) is 9. The minimum atomic E-state index is -0.588. The predicted molar refractivity (Wildman–Crippen MR) is 156 cm³/mol. The first-order chi connectivity index (χ1) is 19.6. The van der Waals surface area contributed by atoms with Gasteiger partial charge in [-0.15, -0.1) is 0 Å². The van der Waals surface area contributed by atoms with Gasteiger partial charge in [0.25, 0.3) is 0 Å². The molecule has 212 valence electrons. The van der Waals surface area contributed by atoms with Crippen molar-refractivity contribution >= 4 is 46.8 Å². The maximum atomic E-state index is 14.9. The summed E-state index contributed by atoms with van der Waals surface area (Å²) in [6.07, 6.45) is 3.95. The Hall–Kier alpha value is -4.41. The molecule has 2 atom stereocenters. The number of pyridine rings is 1. The molecule has 1 aromatic carbocycles. The average Bonchev–Trinajstić information content (AvgIpc) is 2.93. The molecule has 1 fully saturated rings. The van der Waals surface area contributed by atoms with Crippen molar-refractivity contribution in [1.29, 1.82) is 0 Å². The van der Waals surface area contributed by atoms with Gasteiger partial charge in [0.05, 0.1) is 16.1 Å². The van der Waals surface area contributed by atoms with Gasteiger partial charge in [-0.25, -0.2) is 14.2 Å². The molecule has 0 radical (unpaired) electrons. The van der Waals surface area contributed by atoms with Gasteiger partial charge < -0.3 is 15.3 Å². The van der Waals surface area contributed by atoms with Crippen LogP contribution in [0.2, 0.25) is 5.02 Å². The first kappa shape index (κ1) is 28.1. The van der Waals surface area contributed by atoms with Crippen LogP contribution in [-0.4, -0.2) is 74.5 Å². The van der Waals surface area contributed by atoms with Crippen LogP contribution in [0.3, 0.4) is 0 Å². The summed E-state index contributed by atoms with van der Waals surface area (Å²) in [6.45, 7) is 8.75. The normalized spacial score (nSPS) is 19.0. The van der Waals surface area contributed by atoms with E-state index < -0.39 is 23.6 Å². The molecule has 0 bridgehead atoms. The van der Waals surface area contributed by atoms with Crippen LogP contribution >= 0.6 is 11.6 Å². The fourth-order valence-electron chi connectivity index (χ4n) is 5.27. The van der Waals surface area contributed by atoms with E-state index in [0.717, 1.165) is 11.9 Å². The Bertz CT molecular complexity index is 1700. The van der Waals surface area contributed by atoms with Crippen LogP contribution < -0.4 is 15.6 Å². The number of aromatic nitrogens is 3. The molecular formula is C28H29ClFN9O2. The monoisotopic (exact) mass is 577 g/mol. The fraction of sp³-hybridized carbons (Fsp3) is 0.357. The Kier molecular flexibility index (Phi) is 7.70. The Morgan fingerprint density at radius 2 is 2.00 bits per heavy atom. The zero-order valence-electron chi connectivity index (χ0n) is 23.1. The van der Waals surface area contributed by atoms with Gasteiger partial charge in [0, 0.05) is 43.2 Å². The van der Waals surface area contributed by atoms with Gasteiger partial charge in [0.1, 0.15) is 17.8 Å². The zero-order chi connectivity index (χ0) is 29.4. The molecule has 0 N–H and O–H groups in total. The molecule has 2 aromatic heterocycles. The van der Waals surface area contributed by atoms with E-state index in [0.29, 0.717) is 30.8 Å². The Morgan fingerprint density at radius 3 is 2.68 bits per heavy atom. The van der Waals surface area contributed by atoms with Crippen molar-refractivity contribution in [2.75, 3.05) is 29.5 Å². The lowest BCUT2D eigenvalue weighted by molar-refractivity contribution is -0.128. The molecule has 2 aliphatic heterocycles. The summed E-state index contributed by atoms with van der Waals surface area (Å²) in [7, 11) is 0. The van der Waals surface area contributed by atoms with E-state index in [1.54, 1.807) is 46.5 Å². The molecule has 1 amide bonds. The Labute approximate surface area is 240 Å². The van der Waals surface area contributed by atoms with Crippen molar-refractivity contribution in [2.45, 2.75) is 39.9 Å².